The molecule has 15 heavy (non-hydrogen) atoms. The van der Waals surface area contributed by atoms with Crippen molar-refractivity contribution in [3.8, 4) is 21.6 Å². The Morgan fingerprint density at radius 2 is 1.47 bits per heavy atom. The lowest BCUT2D eigenvalue weighted by Gasteiger charge is -2.03. The molecule has 0 saturated carbocycles. The van der Waals surface area contributed by atoms with Gasteiger partial charge in [0, 0.05) is 4.88 Å². The summed E-state index contributed by atoms with van der Waals surface area (Å²) in [5.41, 5.74) is 3.93. The van der Waals surface area contributed by atoms with Crippen LogP contribution >= 0.6 is 11.3 Å². The molecule has 1 aromatic carbocycles. The molecule has 1 aliphatic carbocycles. The van der Waals surface area contributed by atoms with Gasteiger partial charge in [0.1, 0.15) is 0 Å². The average molecular weight is 210 g/mol. The van der Waals surface area contributed by atoms with E-state index in [0.717, 1.165) is 0 Å². The van der Waals surface area contributed by atoms with Crippen molar-refractivity contribution in [3.05, 3.63) is 60.0 Å². The third-order valence-corrected chi connectivity index (χ3v) is 3.54. The largest absolute Gasteiger partial charge is 0.143 e. The summed E-state index contributed by atoms with van der Waals surface area (Å²) in [5.74, 6) is 0. The summed E-state index contributed by atoms with van der Waals surface area (Å²) in [5, 5.41) is 2.22. The number of hydrogen-bond acceptors (Lipinski definition) is 1. The van der Waals surface area contributed by atoms with Crippen molar-refractivity contribution in [1.82, 2.24) is 0 Å². The first-order valence-corrected chi connectivity index (χ1v) is 5.84. The molecule has 1 aliphatic heterocycles. The second-order valence-electron chi connectivity index (χ2n) is 3.55. The Labute approximate surface area is 93.2 Å². The van der Waals surface area contributed by atoms with Crippen molar-refractivity contribution in [2.45, 2.75) is 0 Å². The summed E-state index contributed by atoms with van der Waals surface area (Å²) in [6.45, 7) is 0. The summed E-state index contributed by atoms with van der Waals surface area (Å²) in [6.07, 6.45) is 0. The van der Waals surface area contributed by atoms with E-state index in [1.54, 1.807) is 11.3 Å². The standard InChI is InChI=1S/C14H10S/c1-2-5-11(6-3-1)13-9-12-7-4-8-14(12)15-10-13/h1-10H. The molecule has 0 spiro atoms. The predicted molar refractivity (Wildman–Crippen MR) is 66.4 cm³/mol. The van der Waals surface area contributed by atoms with E-state index in [1.165, 1.54) is 21.6 Å². The molecule has 0 fully saturated rings. The van der Waals surface area contributed by atoms with Crippen LogP contribution in [0.1, 0.15) is 0 Å². The molecule has 2 aliphatic rings. The van der Waals surface area contributed by atoms with Crippen molar-refractivity contribution in [3.63, 3.8) is 0 Å². The van der Waals surface area contributed by atoms with Crippen LogP contribution in [0.3, 0.4) is 0 Å². The Bertz CT molecular complexity index is 536. The second kappa shape index (κ2) is 3.52. The maximum atomic E-state index is 2.25. The second-order valence-corrected chi connectivity index (χ2v) is 4.46. The molecule has 0 nitrogen and oxygen atoms in total. The molecule has 1 heteroatoms. The SMILES string of the molecule is c1ccc(-c2csc3cccc-3c2)cc1. The molecule has 72 valence electrons. The van der Waals surface area contributed by atoms with E-state index in [-0.39, 0.29) is 0 Å². The molecule has 0 unspecified atom stereocenters. The van der Waals surface area contributed by atoms with Gasteiger partial charge >= 0.3 is 0 Å². The van der Waals surface area contributed by atoms with Crippen molar-refractivity contribution in [2.75, 3.05) is 0 Å². The topological polar surface area (TPSA) is 0 Å². The summed E-state index contributed by atoms with van der Waals surface area (Å²) in [7, 11) is 0. The van der Waals surface area contributed by atoms with Crippen LogP contribution in [0.5, 0.6) is 0 Å². The van der Waals surface area contributed by atoms with Gasteiger partial charge < -0.3 is 0 Å². The van der Waals surface area contributed by atoms with E-state index in [1.807, 2.05) is 6.07 Å². The molecule has 0 radical (unpaired) electrons. The normalized spacial score (nSPS) is 10.7. The van der Waals surface area contributed by atoms with Gasteiger partial charge in [0.15, 0.2) is 0 Å². The predicted octanol–water partition coefficient (Wildman–Crippen LogP) is 4.52. The Hall–Kier alpha value is -1.60. The van der Waals surface area contributed by atoms with Gasteiger partial charge in [-0.1, -0.05) is 42.5 Å². The maximum absolute atomic E-state index is 2.25. The van der Waals surface area contributed by atoms with Crippen molar-refractivity contribution >= 4 is 11.3 Å². The maximum Gasteiger partial charge on any atom is 0.0342 e. The summed E-state index contributed by atoms with van der Waals surface area (Å²) >= 11 is 1.81. The number of rotatable bonds is 1. The molecular formula is C14H10S. The fourth-order valence-corrected chi connectivity index (χ4v) is 2.63. The molecule has 0 bridgehead atoms. The van der Waals surface area contributed by atoms with Crippen molar-refractivity contribution in [1.29, 1.82) is 0 Å². The van der Waals surface area contributed by atoms with Crippen LogP contribution in [-0.2, 0) is 0 Å². The van der Waals surface area contributed by atoms with Crippen molar-refractivity contribution in [2.24, 2.45) is 0 Å². The van der Waals surface area contributed by atoms with Crippen LogP contribution in [0.4, 0.5) is 0 Å². The van der Waals surface area contributed by atoms with Gasteiger partial charge in [-0.05, 0) is 34.2 Å². The summed E-state index contributed by atoms with van der Waals surface area (Å²) in [6, 6.07) is 19.2. The third kappa shape index (κ3) is 1.55. The van der Waals surface area contributed by atoms with Crippen LogP contribution in [0, 0.1) is 0 Å². The van der Waals surface area contributed by atoms with Gasteiger partial charge in [-0.3, -0.25) is 0 Å². The van der Waals surface area contributed by atoms with Crippen LogP contribution < -0.4 is 0 Å². The van der Waals surface area contributed by atoms with Crippen LogP contribution in [0.2, 0.25) is 0 Å². The van der Waals surface area contributed by atoms with Crippen LogP contribution in [0.25, 0.3) is 21.6 Å². The zero-order valence-electron chi connectivity index (χ0n) is 8.18. The Kier molecular flexibility index (Phi) is 2.04. The van der Waals surface area contributed by atoms with Gasteiger partial charge in [0.25, 0.3) is 0 Å². The lowest BCUT2D eigenvalue weighted by atomic mass is 10.1. The lowest BCUT2D eigenvalue weighted by Crippen LogP contribution is -1.76. The fourth-order valence-electron chi connectivity index (χ4n) is 1.75. The smallest absolute Gasteiger partial charge is 0.0342 e. The molecular weight excluding hydrogens is 200 g/mol. The van der Waals surface area contributed by atoms with Gasteiger partial charge in [-0.25, -0.2) is 0 Å². The minimum absolute atomic E-state index is 1.29. The van der Waals surface area contributed by atoms with E-state index < -0.39 is 0 Å². The highest BCUT2D eigenvalue weighted by atomic mass is 32.1. The highest BCUT2D eigenvalue weighted by molar-refractivity contribution is 7.13. The first-order chi connectivity index (χ1) is 7.43. The van der Waals surface area contributed by atoms with E-state index >= 15 is 0 Å². The van der Waals surface area contributed by atoms with Gasteiger partial charge in [-0.2, -0.15) is 0 Å². The molecule has 0 saturated heterocycles. The first kappa shape index (κ1) is 8.69. The quantitative estimate of drug-likeness (QED) is 0.554. The van der Waals surface area contributed by atoms with Gasteiger partial charge in [0.05, 0.1) is 0 Å². The monoisotopic (exact) mass is 210 g/mol. The summed E-state index contributed by atoms with van der Waals surface area (Å²) < 4.78 is 0. The molecule has 0 atom stereocenters. The first-order valence-electron chi connectivity index (χ1n) is 4.96. The Morgan fingerprint density at radius 1 is 0.667 bits per heavy atom. The zero-order chi connectivity index (χ0) is 10.1. The lowest BCUT2D eigenvalue weighted by molar-refractivity contribution is 1.66. The molecule has 0 aromatic heterocycles. The molecule has 1 heterocycles. The van der Waals surface area contributed by atoms with Gasteiger partial charge in [-0.15, -0.1) is 11.3 Å². The zero-order valence-corrected chi connectivity index (χ0v) is 9.00. The number of hydrogen-bond donors (Lipinski definition) is 0. The minimum atomic E-state index is 1.29. The molecule has 0 N–H and O–H groups in total. The van der Waals surface area contributed by atoms with E-state index in [0.29, 0.717) is 0 Å². The minimum Gasteiger partial charge on any atom is -0.143 e. The third-order valence-electron chi connectivity index (χ3n) is 2.54. The number of benzene rings is 1. The van der Waals surface area contributed by atoms with E-state index in [2.05, 4.69) is 53.9 Å². The summed E-state index contributed by atoms with van der Waals surface area (Å²) in [4.78, 5) is 1.36. The average Bonchev–Trinajstić information content (AvgIpc) is 2.77. The molecule has 1 aromatic rings. The van der Waals surface area contributed by atoms with Gasteiger partial charge in [0.2, 0.25) is 0 Å². The fraction of sp³-hybridized carbons (Fsp3) is 0. The van der Waals surface area contributed by atoms with Crippen LogP contribution in [0.15, 0.2) is 60.0 Å². The van der Waals surface area contributed by atoms with E-state index in [4.69, 9.17) is 0 Å². The van der Waals surface area contributed by atoms with E-state index in [9.17, 15) is 0 Å². The Morgan fingerprint density at radius 3 is 2.33 bits per heavy atom. The van der Waals surface area contributed by atoms with Crippen molar-refractivity contribution < 1.29 is 0 Å². The highest BCUT2D eigenvalue weighted by Gasteiger charge is 2.04. The molecule has 3 rings (SSSR count). The molecule has 0 amide bonds. The number of fused-ring (bicyclic) bond motifs is 1. The highest BCUT2D eigenvalue weighted by Crippen LogP contribution is 2.32. The Balaban J connectivity index is 2.17. The van der Waals surface area contributed by atoms with Crippen LogP contribution in [-0.4, -0.2) is 0 Å².